The number of aldehydes is 1. The molecule has 1 aliphatic heterocycles. The number of rotatable bonds is 9. The molecule has 0 aliphatic carbocycles. The van der Waals surface area contributed by atoms with Crippen molar-refractivity contribution in [1.29, 1.82) is 0 Å². The van der Waals surface area contributed by atoms with E-state index >= 15 is 0 Å². The van der Waals surface area contributed by atoms with Crippen molar-refractivity contribution < 1.29 is 29.1 Å². The zero-order chi connectivity index (χ0) is 25.8. The Balaban J connectivity index is 0.000000489. The standard InChI is InChI=1S/C17H25ClN4O2.C5H7NO4/c1-10(2)15(17(24)22-7-6-20-9-11(22)3)21-16(23)12-4-5-14(19)13(18)8-12;7-2-4(6-3-8)1-5(9)10/h4-5,8,10-11,15,20H,6-7,9,19H2,1-3H3,(H,21,23);2-4H,1H2,(H,6,8)(H,9,10)/t11-,15?;4-/m10/s1. The van der Waals surface area contributed by atoms with Crippen molar-refractivity contribution in [3.8, 4) is 0 Å². The monoisotopic (exact) mass is 497 g/mol. The second-order valence-corrected chi connectivity index (χ2v) is 8.55. The Morgan fingerprint density at radius 2 is 2.00 bits per heavy atom. The number of carbonyl (C=O) groups is 5. The van der Waals surface area contributed by atoms with Gasteiger partial charge in [-0.15, -0.1) is 0 Å². The molecule has 188 valence electrons. The van der Waals surface area contributed by atoms with Crippen LogP contribution in [-0.4, -0.2) is 78.2 Å². The summed E-state index contributed by atoms with van der Waals surface area (Å²) >= 11 is 5.97. The van der Waals surface area contributed by atoms with Crippen LogP contribution in [0.1, 0.15) is 37.6 Å². The van der Waals surface area contributed by atoms with Gasteiger partial charge in [0.15, 0.2) is 0 Å². The zero-order valence-corrected chi connectivity index (χ0v) is 20.2. The SMILES string of the molecule is CC(C)C(NC(=O)c1ccc(N)c(Cl)c1)C(=O)N1CCNC[C@H]1C.O=CN[C@H](C=O)CC(=O)O. The molecule has 3 atom stereocenters. The van der Waals surface area contributed by atoms with Crippen molar-refractivity contribution >= 4 is 47.8 Å². The highest BCUT2D eigenvalue weighted by Gasteiger charge is 2.32. The molecule has 0 aromatic heterocycles. The number of hydrogen-bond donors (Lipinski definition) is 5. The van der Waals surface area contributed by atoms with Crippen molar-refractivity contribution in [3.63, 3.8) is 0 Å². The molecule has 1 heterocycles. The number of nitrogen functional groups attached to an aromatic ring is 1. The summed E-state index contributed by atoms with van der Waals surface area (Å²) in [6.07, 6.45) is 0.298. The Hall–Kier alpha value is -3.18. The highest BCUT2D eigenvalue weighted by atomic mass is 35.5. The Kier molecular flexibility index (Phi) is 12.0. The van der Waals surface area contributed by atoms with E-state index in [4.69, 9.17) is 22.4 Å². The highest BCUT2D eigenvalue weighted by molar-refractivity contribution is 6.33. The third-order valence-corrected chi connectivity index (χ3v) is 5.43. The number of aliphatic carboxylic acids is 1. The van der Waals surface area contributed by atoms with E-state index in [-0.39, 0.29) is 30.2 Å². The van der Waals surface area contributed by atoms with Crippen LogP contribution in [-0.2, 0) is 19.2 Å². The molecule has 0 saturated carbocycles. The maximum atomic E-state index is 12.9. The van der Waals surface area contributed by atoms with Gasteiger partial charge in [-0.05, 0) is 31.0 Å². The minimum atomic E-state index is -1.12. The van der Waals surface area contributed by atoms with E-state index in [1.165, 1.54) is 6.07 Å². The van der Waals surface area contributed by atoms with E-state index in [1.807, 2.05) is 31.0 Å². The summed E-state index contributed by atoms with van der Waals surface area (Å²) in [5.74, 6) is -1.51. The Morgan fingerprint density at radius 1 is 1.32 bits per heavy atom. The molecular weight excluding hydrogens is 466 g/mol. The van der Waals surface area contributed by atoms with E-state index in [0.29, 0.717) is 35.5 Å². The predicted octanol–water partition coefficient (Wildman–Crippen LogP) is 0.272. The molecular formula is C22H32ClN5O6. The van der Waals surface area contributed by atoms with Crippen LogP contribution in [0.15, 0.2) is 18.2 Å². The summed E-state index contributed by atoms with van der Waals surface area (Å²) in [6, 6.07) is 3.33. The number of piperazine rings is 1. The third kappa shape index (κ3) is 8.99. The van der Waals surface area contributed by atoms with E-state index in [0.717, 1.165) is 13.1 Å². The second kappa shape index (κ2) is 14.2. The molecule has 1 saturated heterocycles. The molecule has 11 nitrogen and oxygen atoms in total. The molecule has 12 heteroatoms. The lowest BCUT2D eigenvalue weighted by Crippen LogP contribution is -2.59. The number of hydrogen-bond acceptors (Lipinski definition) is 7. The number of carbonyl (C=O) groups excluding carboxylic acids is 4. The van der Waals surface area contributed by atoms with Gasteiger partial charge in [0.1, 0.15) is 12.3 Å². The first-order valence-electron chi connectivity index (χ1n) is 10.8. The maximum Gasteiger partial charge on any atom is 0.305 e. The fourth-order valence-corrected chi connectivity index (χ4v) is 3.36. The molecule has 0 radical (unpaired) electrons. The van der Waals surface area contributed by atoms with Gasteiger partial charge in [-0.3, -0.25) is 19.2 Å². The topological polar surface area (TPSA) is 171 Å². The highest BCUT2D eigenvalue weighted by Crippen LogP contribution is 2.20. The lowest BCUT2D eigenvalue weighted by atomic mass is 10.0. The van der Waals surface area contributed by atoms with Gasteiger partial charge in [-0.1, -0.05) is 25.4 Å². The van der Waals surface area contributed by atoms with Gasteiger partial charge in [-0.2, -0.15) is 0 Å². The number of anilines is 1. The second-order valence-electron chi connectivity index (χ2n) is 8.14. The number of halogens is 1. The number of carboxylic acids is 1. The lowest BCUT2D eigenvalue weighted by Gasteiger charge is -2.37. The number of nitrogens with zero attached hydrogens (tertiary/aromatic N) is 1. The van der Waals surface area contributed by atoms with Crippen molar-refractivity contribution in [2.24, 2.45) is 5.92 Å². The van der Waals surface area contributed by atoms with Crippen LogP contribution in [0.2, 0.25) is 5.02 Å². The summed E-state index contributed by atoms with van der Waals surface area (Å²) in [7, 11) is 0. The first-order valence-corrected chi connectivity index (χ1v) is 11.1. The maximum absolute atomic E-state index is 12.9. The molecule has 34 heavy (non-hydrogen) atoms. The fraction of sp³-hybridized carbons (Fsp3) is 0.500. The zero-order valence-electron chi connectivity index (χ0n) is 19.4. The molecule has 1 fully saturated rings. The van der Waals surface area contributed by atoms with E-state index in [1.54, 1.807) is 12.1 Å². The summed E-state index contributed by atoms with van der Waals surface area (Å²) in [5.41, 5.74) is 6.47. The molecule has 1 aromatic rings. The third-order valence-electron chi connectivity index (χ3n) is 5.11. The van der Waals surface area contributed by atoms with Crippen LogP contribution >= 0.6 is 11.6 Å². The van der Waals surface area contributed by atoms with Crippen LogP contribution in [0, 0.1) is 5.92 Å². The number of benzene rings is 1. The minimum Gasteiger partial charge on any atom is -0.481 e. The van der Waals surface area contributed by atoms with Gasteiger partial charge in [0.05, 0.1) is 23.2 Å². The van der Waals surface area contributed by atoms with Crippen molar-refractivity contribution in [3.05, 3.63) is 28.8 Å². The van der Waals surface area contributed by atoms with Crippen molar-refractivity contribution in [2.45, 2.75) is 45.3 Å². The van der Waals surface area contributed by atoms with Crippen LogP contribution in [0.5, 0.6) is 0 Å². The molecule has 1 aromatic carbocycles. The van der Waals surface area contributed by atoms with Gasteiger partial charge >= 0.3 is 5.97 Å². The fourth-order valence-electron chi connectivity index (χ4n) is 3.18. The van der Waals surface area contributed by atoms with E-state index < -0.39 is 18.1 Å². The first-order chi connectivity index (χ1) is 16.0. The van der Waals surface area contributed by atoms with E-state index in [2.05, 4.69) is 10.6 Å². The van der Waals surface area contributed by atoms with Gasteiger partial charge in [0, 0.05) is 31.2 Å². The van der Waals surface area contributed by atoms with Gasteiger partial charge in [-0.25, -0.2) is 0 Å². The van der Waals surface area contributed by atoms with Crippen LogP contribution in [0.3, 0.4) is 0 Å². The number of nitrogens with one attached hydrogen (secondary N) is 3. The number of carboxylic acid groups (broad SMARTS) is 1. The Morgan fingerprint density at radius 3 is 2.50 bits per heavy atom. The Labute approximate surface area is 203 Å². The molecule has 1 aliphatic rings. The molecule has 3 amide bonds. The van der Waals surface area contributed by atoms with Crippen LogP contribution < -0.4 is 21.7 Å². The molecule has 1 unspecified atom stereocenters. The summed E-state index contributed by atoms with van der Waals surface area (Å²) in [5, 5.41) is 16.6. The predicted molar refractivity (Wildman–Crippen MR) is 127 cm³/mol. The summed E-state index contributed by atoms with van der Waals surface area (Å²) in [4.78, 5) is 56.8. The van der Waals surface area contributed by atoms with Gasteiger partial charge in [0.2, 0.25) is 12.3 Å². The smallest absolute Gasteiger partial charge is 0.305 e. The lowest BCUT2D eigenvalue weighted by molar-refractivity contribution is -0.138. The number of nitrogens with two attached hydrogens (primary N) is 1. The largest absolute Gasteiger partial charge is 0.481 e. The van der Waals surface area contributed by atoms with Crippen LogP contribution in [0.4, 0.5) is 5.69 Å². The molecule has 2 rings (SSSR count). The normalized spacial score (nSPS) is 17.0. The van der Waals surface area contributed by atoms with Gasteiger partial charge < -0.3 is 36.5 Å². The number of amides is 3. The van der Waals surface area contributed by atoms with Crippen molar-refractivity contribution in [2.75, 3.05) is 25.4 Å². The first kappa shape index (κ1) is 28.9. The average molecular weight is 498 g/mol. The van der Waals surface area contributed by atoms with Crippen LogP contribution in [0.25, 0.3) is 0 Å². The minimum absolute atomic E-state index is 0.0206. The molecule has 0 spiro atoms. The quantitative estimate of drug-likeness (QED) is 0.239. The summed E-state index contributed by atoms with van der Waals surface area (Å²) < 4.78 is 0. The molecule has 0 bridgehead atoms. The Bertz CT molecular complexity index is 881. The van der Waals surface area contributed by atoms with Crippen molar-refractivity contribution in [1.82, 2.24) is 20.9 Å². The summed E-state index contributed by atoms with van der Waals surface area (Å²) in [6.45, 7) is 8.02. The van der Waals surface area contributed by atoms with E-state index in [9.17, 15) is 24.0 Å². The molecule has 6 N–H and O–H groups in total. The average Bonchev–Trinajstić information content (AvgIpc) is 2.78. The van der Waals surface area contributed by atoms with Gasteiger partial charge in [0.25, 0.3) is 5.91 Å².